The van der Waals surface area contributed by atoms with Gasteiger partial charge in [-0.15, -0.1) is 6.58 Å². The van der Waals surface area contributed by atoms with Crippen molar-refractivity contribution in [2.45, 2.75) is 19.9 Å². The van der Waals surface area contributed by atoms with Crippen LogP contribution in [0.1, 0.15) is 30.4 Å². The van der Waals surface area contributed by atoms with E-state index >= 15 is 0 Å². The Bertz CT molecular complexity index is 369. The summed E-state index contributed by atoms with van der Waals surface area (Å²) in [7, 11) is 0. The number of hydrogen-bond acceptors (Lipinski definition) is 1. The van der Waals surface area contributed by atoms with E-state index in [9.17, 15) is 4.79 Å². The molecule has 4 heteroatoms. The first-order valence-electron chi connectivity index (χ1n) is 4.82. The van der Waals surface area contributed by atoms with E-state index in [1.54, 1.807) is 6.08 Å². The van der Waals surface area contributed by atoms with E-state index in [0.29, 0.717) is 12.2 Å². The van der Waals surface area contributed by atoms with Crippen molar-refractivity contribution in [1.82, 2.24) is 9.88 Å². The van der Waals surface area contributed by atoms with Gasteiger partial charge in [0.05, 0.1) is 0 Å². The molecule has 1 amide bonds. The Morgan fingerprint density at radius 3 is 2.93 bits per heavy atom. The van der Waals surface area contributed by atoms with Crippen LogP contribution in [0.15, 0.2) is 29.4 Å². The minimum atomic E-state index is -0.0747. The van der Waals surface area contributed by atoms with Gasteiger partial charge in [0.2, 0.25) is 0 Å². The normalized spacial score (nSPS) is 10.4. The summed E-state index contributed by atoms with van der Waals surface area (Å²) in [5.41, 5.74) is 0.665. The van der Waals surface area contributed by atoms with E-state index in [2.05, 4.69) is 27.8 Å². The predicted molar refractivity (Wildman–Crippen MR) is 65.0 cm³/mol. The quantitative estimate of drug-likeness (QED) is 0.839. The zero-order valence-corrected chi connectivity index (χ0v) is 10.5. The summed E-state index contributed by atoms with van der Waals surface area (Å²) in [6.45, 7) is 8.12. The third-order valence-electron chi connectivity index (χ3n) is 2.01. The van der Waals surface area contributed by atoms with E-state index in [1.165, 1.54) is 0 Å². The van der Waals surface area contributed by atoms with Gasteiger partial charge in [-0.1, -0.05) is 6.08 Å². The lowest BCUT2D eigenvalue weighted by Gasteiger charge is -2.11. The molecule has 1 aromatic rings. The molecule has 0 aliphatic heterocycles. The van der Waals surface area contributed by atoms with E-state index in [4.69, 9.17) is 0 Å². The second-order valence-corrected chi connectivity index (χ2v) is 4.46. The van der Waals surface area contributed by atoms with Gasteiger partial charge in [-0.05, 0) is 35.8 Å². The summed E-state index contributed by atoms with van der Waals surface area (Å²) in [5, 5.41) is 2.76. The number of nitrogens with zero attached hydrogens (tertiary/aromatic N) is 1. The molecule has 0 aromatic carbocycles. The van der Waals surface area contributed by atoms with Crippen molar-refractivity contribution in [1.29, 1.82) is 0 Å². The number of aromatic nitrogens is 1. The van der Waals surface area contributed by atoms with Gasteiger partial charge >= 0.3 is 0 Å². The minimum absolute atomic E-state index is 0.0747. The van der Waals surface area contributed by atoms with Gasteiger partial charge in [-0.2, -0.15) is 0 Å². The Labute approximate surface area is 98.3 Å². The van der Waals surface area contributed by atoms with Gasteiger partial charge in [0.1, 0.15) is 5.69 Å². The molecule has 0 aliphatic rings. The molecular formula is C11H15BrN2O. The van der Waals surface area contributed by atoms with Crippen LogP contribution in [0.25, 0.3) is 0 Å². The maximum absolute atomic E-state index is 11.7. The number of carbonyl (C=O) groups excluding carboxylic acids is 1. The molecule has 1 heterocycles. The monoisotopic (exact) mass is 270 g/mol. The lowest BCUT2D eigenvalue weighted by Crippen LogP contribution is -2.26. The summed E-state index contributed by atoms with van der Waals surface area (Å²) in [6.07, 6.45) is 3.57. The maximum Gasteiger partial charge on any atom is 0.268 e. The first-order chi connectivity index (χ1) is 7.06. The van der Waals surface area contributed by atoms with Crippen LogP contribution in [-0.4, -0.2) is 17.0 Å². The van der Waals surface area contributed by atoms with Gasteiger partial charge in [0.25, 0.3) is 5.91 Å². The minimum Gasteiger partial charge on any atom is -0.347 e. The molecule has 0 unspecified atom stereocenters. The fraction of sp³-hybridized carbons (Fsp3) is 0.364. The number of carbonyl (C=O) groups is 1. The second kappa shape index (κ2) is 5.16. The Morgan fingerprint density at radius 2 is 2.40 bits per heavy atom. The van der Waals surface area contributed by atoms with Gasteiger partial charge in [-0.25, -0.2) is 0 Å². The molecule has 0 saturated carbocycles. The Morgan fingerprint density at radius 1 is 1.73 bits per heavy atom. The van der Waals surface area contributed by atoms with E-state index in [0.717, 1.165) is 4.47 Å². The average molecular weight is 271 g/mol. The SMILES string of the molecule is C=CCNC(=O)c1cc(Br)cn1C(C)C. The Kier molecular flexibility index (Phi) is 4.15. The van der Waals surface area contributed by atoms with Crippen LogP contribution in [0.2, 0.25) is 0 Å². The molecule has 0 atom stereocenters. The van der Waals surface area contributed by atoms with Crippen LogP contribution >= 0.6 is 15.9 Å². The third kappa shape index (κ3) is 2.96. The lowest BCUT2D eigenvalue weighted by molar-refractivity contribution is 0.0947. The molecule has 0 fully saturated rings. The highest BCUT2D eigenvalue weighted by atomic mass is 79.9. The number of hydrogen-bond donors (Lipinski definition) is 1. The van der Waals surface area contributed by atoms with Crippen molar-refractivity contribution in [3.05, 3.63) is 35.1 Å². The summed E-state index contributed by atoms with van der Waals surface area (Å²) >= 11 is 3.37. The predicted octanol–water partition coefficient (Wildman–Crippen LogP) is 2.75. The van der Waals surface area contributed by atoms with Crippen LogP contribution < -0.4 is 5.32 Å². The van der Waals surface area contributed by atoms with Crippen molar-refractivity contribution in [2.75, 3.05) is 6.54 Å². The molecule has 3 nitrogen and oxygen atoms in total. The van der Waals surface area contributed by atoms with Crippen molar-refractivity contribution in [3.8, 4) is 0 Å². The van der Waals surface area contributed by atoms with Crippen molar-refractivity contribution in [3.63, 3.8) is 0 Å². The van der Waals surface area contributed by atoms with Crippen LogP contribution in [0.3, 0.4) is 0 Å². The van der Waals surface area contributed by atoms with Crippen LogP contribution in [0.5, 0.6) is 0 Å². The van der Waals surface area contributed by atoms with Crippen molar-refractivity contribution in [2.24, 2.45) is 0 Å². The first kappa shape index (κ1) is 12.0. The topological polar surface area (TPSA) is 34.0 Å². The summed E-state index contributed by atoms with van der Waals surface area (Å²) in [6, 6.07) is 2.08. The van der Waals surface area contributed by atoms with E-state index in [1.807, 2.05) is 30.7 Å². The number of rotatable bonds is 4. The van der Waals surface area contributed by atoms with Crippen molar-refractivity contribution >= 4 is 21.8 Å². The Hall–Kier alpha value is -1.03. The van der Waals surface area contributed by atoms with E-state index in [-0.39, 0.29) is 11.9 Å². The van der Waals surface area contributed by atoms with Gasteiger partial charge in [-0.3, -0.25) is 4.79 Å². The zero-order chi connectivity index (χ0) is 11.4. The molecule has 0 bridgehead atoms. The van der Waals surface area contributed by atoms with Gasteiger partial charge < -0.3 is 9.88 Å². The fourth-order valence-electron chi connectivity index (χ4n) is 1.31. The number of nitrogens with one attached hydrogen (secondary N) is 1. The molecule has 1 rings (SSSR count). The third-order valence-corrected chi connectivity index (χ3v) is 2.44. The molecule has 1 N–H and O–H groups in total. The van der Waals surface area contributed by atoms with Gasteiger partial charge in [0.15, 0.2) is 0 Å². The molecule has 82 valence electrons. The standard InChI is InChI=1S/C11H15BrN2O/c1-4-5-13-11(15)10-6-9(12)7-14(10)8(2)3/h4,6-8H,1,5H2,2-3H3,(H,13,15). The van der Waals surface area contributed by atoms with Crippen LogP contribution in [0, 0.1) is 0 Å². The molecule has 1 aromatic heterocycles. The number of amides is 1. The summed E-state index contributed by atoms with van der Waals surface area (Å²) in [5.74, 6) is -0.0747. The van der Waals surface area contributed by atoms with Crippen LogP contribution in [0.4, 0.5) is 0 Å². The van der Waals surface area contributed by atoms with Crippen molar-refractivity contribution < 1.29 is 4.79 Å². The summed E-state index contributed by atoms with van der Waals surface area (Å²) in [4.78, 5) is 11.7. The molecule has 0 spiro atoms. The van der Waals surface area contributed by atoms with E-state index < -0.39 is 0 Å². The highest BCUT2D eigenvalue weighted by Gasteiger charge is 2.13. The summed E-state index contributed by atoms with van der Waals surface area (Å²) < 4.78 is 2.85. The number of halogens is 1. The fourth-order valence-corrected chi connectivity index (χ4v) is 1.75. The second-order valence-electron chi connectivity index (χ2n) is 3.54. The lowest BCUT2D eigenvalue weighted by atomic mass is 10.3. The van der Waals surface area contributed by atoms with Gasteiger partial charge in [0, 0.05) is 23.3 Å². The van der Waals surface area contributed by atoms with Crippen LogP contribution in [-0.2, 0) is 0 Å². The molecule has 15 heavy (non-hydrogen) atoms. The maximum atomic E-state index is 11.7. The zero-order valence-electron chi connectivity index (χ0n) is 8.96. The average Bonchev–Trinajstić information content (AvgIpc) is 2.57. The Balaban J connectivity index is 2.91. The molecular weight excluding hydrogens is 256 g/mol. The first-order valence-corrected chi connectivity index (χ1v) is 5.62. The highest BCUT2D eigenvalue weighted by molar-refractivity contribution is 9.10. The highest BCUT2D eigenvalue weighted by Crippen LogP contribution is 2.19. The smallest absolute Gasteiger partial charge is 0.268 e. The molecule has 0 saturated heterocycles. The molecule has 0 aliphatic carbocycles. The largest absolute Gasteiger partial charge is 0.347 e. The molecule has 0 radical (unpaired) electrons.